The standard InChI is InChI=1S/C21H21ClN2O4/c1-2-27-11-12-28-17-9-5-15(6-10-17)21-23-19(20(24-21)18(26)13-25)14-3-7-16(22)8-4-14/h3-10,25H,2,11-13H2,1H3,(H,23,24). The molecule has 0 aliphatic rings. The molecule has 0 fully saturated rings. The zero-order valence-electron chi connectivity index (χ0n) is 15.4. The van der Waals surface area contributed by atoms with E-state index in [2.05, 4.69) is 9.97 Å². The molecule has 0 radical (unpaired) electrons. The molecule has 146 valence electrons. The molecule has 0 aliphatic heterocycles. The van der Waals surface area contributed by atoms with Gasteiger partial charge in [0, 0.05) is 22.8 Å². The summed E-state index contributed by atoms with van der Waals surface area (Å²) < 4.78 is 10.9. The van der Waals surface area contributed by atoms with E-state index in [1.807, 2.05) is 31.2 Å². The third-order valence-corrected chi connectivity index (χ3v) is 4.32. The number of H-pyrrole nitrogens is 1. The summed E-state index contributed by atoms with van der Waals surface area (Å²) in [5, 5.41) is 9.89. The normalized spacial score (nSPS) is 10.8. The van der Waals surface area contributed by atoms with Gasteiger partial charge < -0.3 is 19.6 Å². The second kappa shape index (κ2) is 9.50. The van der Waals surface area contributed by atoms with Crippen molar-refractivity contribution in [2.45, 2.75) is 6.92 Å². The smallest absolute Gasteiger partial charge is 0.206 e. The number of aliphatic hydroxyl groups excluding tert-OH is 1. The highest BCUT2D eigenvalue weighted by Gasteiger charge is 2.19. The van der Waals surface area contributed by atoms with Crippen LogP contribution >= 0.6 is 11.6 Å². The van der Waals surface area contributed by atoms with E-state index in [0.29, 0.717) is 36.4 Å². The average Bonchev–Trinajstić information content (AvgIpc) is 3.17. The van der Waals surface area contributed by atoms with Crippen LogP contribution in [-0.4, -0.2) is 47.3 Å². The molecule has 0 saturated heterocycles. The van der Waals surface area contributed by atoms with Crippen LogP contribution in [0.25, 0.3) is 22.6 Å². The van der Waals surface area contributed by atoms with Crippen LogP contribution < -0.4 is 4.74 Å². The van der Waals surface area contributed by atoms with Crippen molar-refractivity contribution in [1.82, 2.24) is 9.97 Å². The third kappa shape index (κ3) is 4.78. The summed E-state index contributed by atoms with van der Waals surface area (Å²) in [6.07, 6.45) is 0. The third-order valence-electron chi connectivity index (χ3n) is 4.07. The molecule has 2 aromatic carbocycles. The monoisotopic (exact) mass is 400 g/mol. The number of carbonyl (C=O) groups excluding carboxylic acids is 1. The van der Waals surface area contributed by atoms with E-state index >= 15 is 0 Å². The molecule has 0 saturated carbocycles. The van der Waals surface area contributed by atoms with Crippen molar-refractivity contribution in [3.63, 3.8) is 0 Å². The molecule has 3 aromatic rings. The number of hydrogen-bond donors (Lipinski definition) is 2. The van der Waals surface area contributed by atoms with Gasteiger partial charge in [-0.25, -0.2) is 4.98 Å². The van der Waals surface area contributed by atoms with Crippen LogP contribution in [0.3, 0.4) is 0 Å². The average molecular weight is 401 g/mol. The minimum absolute atomic E-state index is 0.261. The lowest BCUT2D eigenvalue weighted by Crippen LogP contribution is -2.06. The number of aliphatic hydroxyl groups is 1. The second-order valence-corrected chi connectivity index (χ2v) is 6.40. The zero-order chi connectivity index (χ0) is 19.9. The number of nitrogens with one attached hydrogen (secondary N) is 1. The molecule has 7 heteroatoms. The number of nitrogens with zero attached hydrogens (tertiary/aromatic N) is 1. The number of aromatic amines is 1. The van der Waals surface area contributed by atoms with Gasteiger partial charge in [-0.15, -0.1) is 0 Å². The molecule has 6 nitrogen and oxygen atoms in total. The Morgan fingerprint density at radius 2 is 1.75 bits per heavy atom. The summed E-state index contributed by atoms with van der Waals surface area (Å²) in [6, 6.07) is 14.4. The number of Topliss-reactive ketones (excluding diaryl/α,β-unsaturated/α-hetero) is 1. The predicted octanol–water partition coefficient (Wildman–Crippen LogP) is 3.99. The largest absolute Gasteiger partial charge is 0.491 e. The quantitative estimate of drug-likeness (QED) is 0.419. The molecular weight excluding hydrogens is 380 g/mol. The summed E-state index contributed by atoms with van der Waals surface area (Å²) in [4.78, 5) is 19.8. The van der Waals surface area contributed by atoms with Crippen molar-refractivity contribution in [2.75, 3.05) is 26.4 Å². The summed E-state index contributed by atoms with van der Waals surface area (Å²) in [5.74, 6) is 0.821. The molecule has 0 amide bonds. The van der Waals surface area contributed by atoms with Crippen molar-refractivity contribution < 1.29 is 19.4 Å². The highest BCUT2D eigenvalue weighted by atomic mass is 35.5. The highest BCUT2D eigenvalue weighted by Crippen LogP contribution is 2.28. The van der Waals surface area contributed by atoms with Gasteiger partial charge in [0.05, 0.1) is 12.3 Å². The molecular formula is C21H21ClN2O4. The van der Waals surface area contributed by atoms with Crippen LogP contribution in [-0.2, 0) is 4.74 Å². The van der Waals surface area contributed by atoms with E-state index in [-0.39, 0.29) is 5.69 Å². The van der Waals surface area contributed by atoms with E-state index in [9.17, 15) is 9.90 Å². The number of rotatable bonds is 9. The number of carbonyl (C=O) groups is 1. The molecule has 0 bridgehead atoms. The van der Waals surface area contributed by atoms with Gasteiger partial charge in [0.2, 0.25) is 5.78 Å². The van der Waals surface area contributed by atoms with E-state index in [1.54, 1.807) is 24.3 Å². The molecule has 1 heterocycles. The predicted molar refractivity (Wildman–Crippen MR) is 108 cm³/mol. The van der Waals surface area contributed by atoms with E-state index in [4.69, 9.17) is 21.1 Å². The number of aromatic nitrogens is 2. The lowest BCUT2D eigenvalue weighted by atomic mass is 10.1. The van der Waals surface area contributed by atoms with Crippen LogP contribution in [0.4, 0.5) is 0 Å². The highest BCUT2D eigenvalue weighted by molar-refractivity contribution is 6.30. The minimum Gasteiger partial charge on any atom is -0.491 e. The van der Waals surface area contributed by atoms with Crippen LogP contribution in [0.15, 0.2) is 48.5 Å². The Labute approximate surface area is 168 Å². The van der Waals surface area contributed by atoms with E-state index in [1.165, 1.54) is 0 Å². The van der Waals surface area contributed by atoms with Crippen molar-refractivity contribution >= 4 is 17.4 Å². The lowest BCUT2D eigenvalue weighted by Gasteiger charge is -2.06. The molecule has 0 unspecified atom stereocenters. The fourth-order valence-electron chi connectivity index (χ4n) is 2.68. The van der Waals surface area contributed by atoms with Crippen molar-refractivity contribution in [1.29, 1.82) is 0 Å². The number of ketones is 1. The molecule has 2 N–H and O–H groups in total. The Kier molecular flexibility index (Phi) is 6.81. The first-order valence-electron chi connectivity index (χ1n) is 8.93. The van der Waals surface area contributed by atoms with Crippen LogP contribution in [0, 0.1) is 0 Å². The van der Waals surface area contributed by atoms with Gasteiger partial charge in [0.15, 0.2) is 0 Å². The first-order chi connectivity index (χ1) is 13.6. The minimum atomic E-state index is -0.602. The zero-order valence-corrected chi connectivity index (χ0v) is 16.2. The van der Waals surface area contributed by atoms with Gasteiger partial charge in [-0.2, -0.15) is 0 Å². The number of ether oxygens (including phenoxy) is 2. The Hall–Kier alpha value is -2.67. The number of halogens is 1. The second-order valence-electron chi connectivity index (χ2n) is 5.97. The van der Waals surface area contributed by atoms with Crippen molar-refractivity contribution in [3.05, 3.63) is 59.2 Å². The van der Waals surface area contributed by atoms with Crippen molar-refractivity contribution in [3.8, 4) is 28.4 Å². The summed E-state index contributed by atoms with van der Waals surface area (Å²) in [5.41, 5.74) is 2.27. The Bertz CT molecular complexity index is 921. The Morgan fingerprint density at radius 3 is 2.39 bits per heavy atom. The van der Waals surface area contributed by atoms with Crippen LogP contribution in [0.5, 0.6) is 5.75 Å². The van der Waals surface area contributed by atoms with Gasteiger partial charge in [-0.3, -0.25) is 4.79 Å². The Morgan fingerprint density at radius 1 is 1.07 bits per heavy atom. The maximum absolute atomic E-state index is 12.2. The van der Waals surface area contributed by atoms with E-state index in [0.717, 1.165) is 16.9 Å². The summed E-state index contributed by atoms with van der Waals surface area (Å²) >= 11 is 5.94. The fourth-order valence-corrected chi connectivity index (χ4v) is 2.81. The van der Waals surface area contributed by atoms with Gasteiger partial charge in [-0.05, 0) is 43.3 Å². The van der Waals surface area contributed by atoms with Gasteiger partial charge >= 0.3 is 0 Å². The number of benzene rings is 2. The Balaban J connectivity index is 1.86. The SMILES string of the molecule is CCOCCOc1ccc(-c2nc(-c3ccc(Cl)cc3)c(C(=O)CO)[nH]2)cc1. The first kappa shape index (κ1) is 20.1. The van der Waals surface area contributed by atoms with Gasteiger partial charge in [0.25, 0.3) is 0 Å². The topological polar surface area (TPSA) is 84.4 Å². The summed E-state index contributed by atoms with van der Waals surface area (Å²) in [6.45, 7) is 3.00. The number of hydrogen-bond acceptors (Lipinski definition) is 5. The van der Waals surface area contributed by atoms with Crippen LogP contribution in [0.2, 0.25) is 5.02 Å². The van der Waals surface area contributed by atoms with Gasteiger partial charge in [0.1, 0.15) is 30.5 Å². The first-order valence-corrected chi connectivity index (χ1v) is 9.31. The van der Waals surface area contributed by atoms with Crippen molar-refractivity contribution in [2.24, 2.45) is 0 Å². The lowest BCUT2D eigenvalue weighted by molar-refractivity contribution is 0.0900. The molecule has 0 spiro atoms. The molecule has 28 heavy (non-hydrogen) atoms. The molecule has 1 aromatic heterocycles. The van der Waals surface area contributed by atoms with Crippen LogP contribution in [0.1, 0.15) is 17.4 Å². The van der Waals surface area contributed by atoms with E-state index < -0.39 is 12.4 Å². The maximum atomic E-state index is 12.2. The summed E-state index contributed by atoms with van der Waals surface area (Å²) in [7, 11) is 0. The number of imidazole rings is 1. The maximum Gasteiger partial charge on any atom is 0.206 e. The molecule has 3 rings (SSSR count). The van der Waals surface area contributed by atoms with Gasteiger partial charge in [-0.1, -0.05) is 23.7 Å². The fraction of sp³-hybridized carbons (Fsp3) is 0.238. The molecule has 0 aliphatic carbocycles. The molecule has 0 atom stereocenters.